The molecule has 1 aromatic rings. The van der Waals surface area contributed by atoms with Crippen molar-refractivity contribution in [1.82, 2.24) is 0 Å². The van der Waals surface area contributed by atoms with E-state index in [1.165, 1.54) is 11.4 Å². The van der Waals surface area contributed by atoms with E-state index in [0.29, 0.717) is 18.2 Å². The number of anilines is 2. The molecule has 6 nitrogen and oxygen atoms in total. The predicted octanol–water partition coefficient (Wildman–Crippen LogP) is 6.07. The molecule has 6 heteroatoms. The highest BCUT2D eigenvalue weighted by Crippen LogP contribution is 2.44. The topological polar surface area (TPSA) is 64.5 Å². The molecule has 0 amide bonds. The monoisotopic (exact) mass is 359 g/mol. The first kappa shape index (κ1) is 20.2. The van der Waals surface area contributed by atoms with Crippen molar-refractivity contribution in [3.8, 4) is 5.75 Å². The highest BCUT2D eigenvalue weighted by atomic mass is 16.5. The Hall–Kier alpha value is -2.07. The van der Waals surface area contributed by atoms with Crippen LogP contribution in [0.4, 0.5) is 11.4 Å². The second kappa shape index (κ2) is 9.04. The van der Waals surface area contributed by atoms with E-state index in [9.17, 15) is 0 Å². The summed E-state index contributed by atoms with van der Waals surface area (Å²) < 4.78 is 6.02. The van der Waals surface area contributed by atoms with Crippen LogP contribution in [-0.4, -0.2) is 24.5 Å². The maximum absolute atomic E-state index is 8.83. The smallest absolute Gasteiger partial charge is 0.177 e. The molecule has 144 valence electrons. The van der Waals surface area contributed by atoms with Gasteiger partial charge in [-0.3, -0.25) is 0 Å². The van der Waals surface area contributed by atoms with Crippen LogP contribution in [0.2, 0.25) is 0 Å². The van der Waals surface area contributed by atoms with Gasteiger partial charge in [0.15, 0.2) is 6.23 Å². The van der Waals surface area contributed by atoms with Crippen molar-refractivity contribution >= 4 is 11.4 Å². The summed E-state index contributed by atoms with van der Waals surface area (Å²) in [5.74, 6) is 0.765. The summed E-state index contributed by atoms with van der Waals surface area (Å²) in [6.07, 6.45) is 3.86. The number of unbranched alkanes of at least 4 members (excludes halogenated alkanes) is 2. The lowest BCUT2D eigenvalue weighted by Gasteiger charge is -2.35. The molecule has 0 aromatic heterocycles. The van der Waals surface area contributed by atoms with Crippen LogP contribution in [0.5, 0.6) is 5.75 Å². The maximum atomic E-state index is 8.83. The Morgan fingerprint density at radius 2 is 1.77 bits per heavy atom. The Labute approximate surface area is 157 Å². The van der Waals surface area contributed by atoms with E-state index in [1.54, 1.807) is 0 Å². The molecule has 0 N–H and O–H groups in total. The van der Waals surface area contributed by atoms with Gasteiger partial charge in [-0.1, -0.05) is 19.8 Å². The number of hydrogen-bond acceptors (Lipinski definition) is 4. The molecule has 2 rings (SSSR count). The quantitative estimate of drug-likeness (QED) is 0.232. The van der Waals surface area contributed by atoms with Gasteiger partial charge in [0.25, 0.3) is 0 Å². The van der Waals surface area contributed by atoms with E-state index in [0.717, 1.165) is 31.4 Å². The van der Waals surface area contributed by atoms with E-state index in [-0.39, 0.29) is 0 Å². The third kappa shape index (κ3) is 4.36. The molecule has 1 aliphatic heterocycles. The number of hydrogen-bond donors (Lipinski definition) is 0. The van der Waals surface area contributed by atoms with Gasteiger partial charge in [0.2, 0.25) is 0 Å². The van der Waals surface area contributed by atoms with E-state index >= 15 is 0 Å². The SMILES string of the molecule is CCCCCC(N=[N+]=[N-])Oc1ccc2c(c1)N(C(C)C)C(C)N2C(C)C. The molecular weight excluding hydrogens is 326 g/mol. The van der Waals surface area contributed by atoms with Crippen LogP contribution < -0.4 is 14.5 Å². The van der Waals surface area contributed by atoms with Crippen molar-refractivity contribution in [3.05, 3.63) is 28.6 Å². The van der Waals surface area contributed by atoms with Gasteiger partial charge in [-0.2, -0.15) is 0 Å². The third-order valence-corrected chi connectivity index (χ3v) is 4.93. The molecule has 1 heterocycles. The van der Waals surface area contributed by atoms with Crippen LogP contribution in [0.25, 0.3) is 10.4 Å². The zero-order valence-electron chi connectivity index (χ0n) is 17.0. The molecule has 0 radical (unpaired) electrons. The van der Waals surface area contributed by atoms with E-state index < -0.39 is 6.23 Å². The Morgan fingerprint density at radius 1 is 1.12 bits per heavy atom. The number of azide groups is 1. The Balaban J connectivity index is 2.27. The van der Waals surface area contributed by atoms with Gasteiger partial charge in [0.05, 0.1) is 17.5 Å². The first-order valence-corrected chi connectivity index (χ1v) is 9.82. The van der Waals surface area contributed by atoms with Crippen LogP contribution in [0, 0.1) is 0 Å². The van der Waals surface area contributed by atoms with Crippen molar-refractivity contribution in [1.29, 1.82) is 0 Å². The highest BCUT2D eigenvalue weighted by Gasteiger charge is 2.35. The molecule has 0 fully saturated rings. The average Bonchev–Trinajstić information content (AvgIpc) is 2.86. The van der Waals surface area contributed by atoms with Crippen molar-refractivity contribution in [2.24, 2.45) is 5.11 Å². The zero-order valence-corrected chi connectivity index (χ0v) is 17.0. The first-order valence-electron chi connectivity index (χ1n) is 9.82. The zero-order chi connectivity index (χ0) is 19.3. The molecule has 0 spiro atoms. The van der Waals surface area contributed by atoms with Gasteiger partial charge < -0.3 is 14.5 Å². The minimum absolute atomic E-state index is 0.303. The lowest BCUT2D eigenvalue weighted by atomic mass is 10.2. The molecular formula is C20H33N5O. The maximum Gasteiger partial charge on any atom is 0.177 e. The number of fused-ring (bicyclic) bond motifs is 1. The Morgan fingerprint density at radius 3 is 2.35 bits per heavy atom. The lowest BCUT2D eigenvalue weighted by molar-refractivity contribution is 0.194. The van der Waals surface area contributed by atoms with Crippen LogP contribution in [0.15, 0.2) is 23.3 Å². The van der Waals surface area contributed by atoms with Crippen molar-refractivity contribution in [3.63, 3.8) is 0 Å². The summed E-state index contributed by atoms with van der Waals surface area (Å²) in [4.78, 5) is 7.81. The molecule has 1 aromatic carbocycles. The van der Waals surface area contributed by atoms with Gasteiger partial charge >= 0.3 is 0 Å². The first-order chi connectivity index (χ1) is 12.4. The third-order valence-electron chi connectivity index (χ3n) is 4.93. The van der Waals surface area contributed by atoms with Gasteiger partial charge in [0, 0.05) is 23.1 Å². The van der Waals surface area contributed by atoms with Crippen LogP contribution in [0.1, 0.15) is 67.2 Å². The van der Waals surface area contributed by atoms with Crippen LogP contribution in [-0.2, 0) is 0 Å². The molecule has 0 saturated carbocycles. The summed E-state index contributed by atoms with van der Waals surface area (Å²) in [6.45, 7) is 13.3. The van der Waals surface area contributed by atoms with Crippen LogP contribution >= 0.6 is 0 Å². The second-order valence-electron chi connectivity index (χ2n) is 7.56. The normalized spacial score (nSPS) is 17.5. The standard InChI is InChI=1S/C20H33N5O/c1-7-8-9-10-20(22-23-21)26-17-11-12-18-19(13-17)25(15(4)5)16(6)24(18)14(2)3/h11-16,20H,7-10H2,1-6H3. The summed E-state index contributed by atoms with van der Waals surface area (Å²) >= 11 is 0. The van der Waals surface area contributed by atoms with Crippen molar-refractivity contribution in [2.45, 2.75) is 91.7 Å². The second-order valence-corrected chi connectivity index (χ2v) is 7.56. The summed E-state index contributed by atoms with van der Waals surface area (Å²) in [5.41, 5.74) is 11.3. The van der Waals surface area contributed by atoms with Crippen molar-refractivity contribution < 1.29 is 4.74 Å². The highest BCUT2D eigenvalue weighted by molar-refractivity contribution is 5.79. The molecule has 0 bridgehead atoms. The molecule has 1 aliphatic rings. The van der Waals surface area contributed by atoms with Gasteiger partial charge in [0.1, 0.15) is 5.75 Å². The van der Waals surface area contributed by atoms with E-state index in [2.05, 4.69) is 73.5 Å². The van der Waals surface area contributed by atoms with E-state index in [4.69, 9.17) is 10.3 Å². The summed E-state index contributed by atoms with van der Waals surface area (Å²) in [5, 5.41) is 3.83. The van der Waals surface area contributed by atoms with E-state index in [1.807, 2.05) is 6.07 Å². The fourth-order valence-electron chi connectivity index (χ4n) is 3.88. The van der Waals surface area contributed by atoms with Gasteiger partial charge in [-0.25, -0.2) is 0 Å². The average molecular weight is 360 g/mol. The van der Waals surface area contributed by atoms with Crippen molar-refractivity contribution in [2.75, 3.05) is 9.80 Å². The number of nitrogens with zero attached hydrogens (tertiary/aromatic N) is 5. The largest absolute Gasteiger partial charge is 0.484 e. The predicted molar refractivity (Wildman–Crippen MR) is 109 cm³/mol. The summed E-state index contributed by atoms with van der Waals surface area (Å²) in [6, 6.07) is 7.02. The molecule has 2 unspecified atom stereocenters. The van der Waals surface area contributed by atoms with Gasteiger partial charge in [-0.15, -0.1) is 0 Å². The summed E-state index contributed by atoms with van der Waals surface area (Å²) in [7, 11) is 0. The number of rotatable bonds is 9. The van der Waals surface area contributed by atoms with Crippen LogP contribution in [0.3, 0.4) is 0 Å². The molecule has 0 saturated heterocycles. The molecule has 2 atom stereocenters. The number of ether oxygens (including phenoxy) is 1. The Kier molecular flexibility index (Phi) is 7.04. The lowest BCUT2D eigenvalue weighted by Crippen LogP contribution is -2.47. The van der Waals surface area contributed by atoms with Gasteiger partial charge in [-0.05, 0) is 70.2 Å². The molecule has 26 heavy (non-hydrogen) atoms. The minimum Gasteiger partial charge on any atom is -0.484 e. The molecule has 0 aliphatic carbocycles. The number of benzene rings is 1. The minimum atomic E-state index is -0.447. The fourth-order valence-corrected chi connectivity index (χ4v) is 3.88. The fraction of sp³-hybridized carbons (Fsp3) is 0.700. The Bertz CT molecular complexity index is 639.